The van der Waals surface area contributed by atoms with E-state index in [9.17, 15) is 5.11 Å². The first-order chi connectivity index (χ1) is 12.0. The van der Waals surface area contributed by atoms with Gasteiger partial charge in [-0.25, -0.2) is 0 Å². The summed E-state index contributed by atoms with van der Waals surface area (Å²) in [7, 11) is 0. The second-order valence-corrected chi connectivity index (χ2v) is 10.1. The van der Waals surface area contributed by atoms with Crippen molar-refractivity contribution in [2.24, 2.45) is 5.92 Å². The summed E-state index contributed by atoms with van der Waals surface area (Å²) in [5.41, 5.74) is 3.50. The minimum Gasteiger partial charge on any atom is -0.507 e. The summed E-state index contributed by atoms with van der Waals surface area (Å²) >= 11 is 0. The Morgan fingerprint density at radius 2 is 1.62 bits per heavy atom. The lowest BCUT2D eigenvalue weighted by atomic mass is 9.76. The quantitative estimate of drug-likeness (QED) is 0.795. The highest BCUT2D eigenvalue weighted by Gasteiger charge is 2.33. The van der Waals surface area contributed by atoms with Crippen molar-refractivity contribution in [3.63, 3.8) is 0 Å². The van der Waals surface area contributed by atoms with Crippen molar-refractivity contribution in [1.82, 2.24) is 10.2 Å². The number of nitrogens with zero attached hydrogens (tertiary/aromatic N) is 1. The summed E-state index contributed by atoms with van der Waals surface area (Å²) in [5, 5.41) is 14.8. The maximum absolute atomic E-state index is 11.3. The maximum atomic E-state index is 11.3. The van der Waals surface area contributed by atoms with Gasteiger partial charge in [-0.05, 0) is 33.9 Å². The van der Waals surface area contributed by atoms with Gasteiger partial charge in [-0.2, -0.15) is 0 Å². The van der Waals surface area contributed by atoms with E-state index in [4.69, 9.17) is 0 Å². The number of aromatic hydroxyl groups is 1. The minimum absolute atomic E-state index is 0.0614. The van der Waals surface area contributed by atoms with Gasteiger partial charge in [0.05, 0.1) is 0 Å². The van der Waals surface area contributed by atoms with E-state index in [0.717, 1.165) is 43.7 Å². The molecule has 2 N–H and O–H groups in total. The fraction of sp³-hybridized carbons (Fsp3) is 0.739. The Balaban J connectivity index is 2.66. The van der Waals surface area contributed by atoms with Gasteiger partial charge in [0, 0.05) is 37.8 Å². The van der Waals surface area contributed by atoms with Crippen molar-refractivity contribution in [3.8, 4) is 5.75 Å². The van der Waals surface area contributed by atoms with Gasteiger partial charge in [0.25, 0.3) is 0 Å². The molecule has 3 nitrogen and oxygen atoms in total. The molecule has 3 heteroatoms. The Kier molecular flexibility index (Phi) is 6.45. The zero-order valence-corrected chi connectivity index (χ0v) is 18.2. The predicted octanol–water partition coefficient (Wildman–Crippen LogP) is 4.98. The fourth-order valence-electron chi connectivity index (χ4n) is 3.93. The van der Waals surface area contributed by atoms with Gasteiger partial charge in [-0.1, -0.05) is 67.9 Å². The number of hydrogen-bond donors (Lipinski definition) is 2. The molecule has 0 amide bonds. The second-order valence-electron chi connectivity index (χ2n) is 10.1. The average Bonchev–Trinajstić information content (AvgIpc) is 2.55. The molecule has 1 aromatic rings. The van der Waals surface area contributed by atoms with Crippen LogP contribution in [0.25, 0.3) is 0 Å². The van der Waals surface area contributed by atoms with Crippen LogP contribution in [-0.2, 0) is 10.8 Å². The number of phenols is 1. The van der Waals surface area contributed by atoms with Crippen molar-refractivity contribution < 1.29 is 5.11 Å². The molecule has 0 aromatic heterocycles. The van der Waals surface area contributed by atoms with E-state index in [0.29, 0.717) is 11.7 Å². The zero-order valence-electron chi connectivity index (χ0n) is 18.2. The van der Waals surface area contributed by atoms with Gasteiger partial charge in [-0.3, -0.25) is 4.90 Å². The summed E-state index contributed by atoms with van der Waals surface area (Å²) in [4.78, 5) is 2.57. The number of nitrogens with one attached hydrogen (secondary N) is 1. The molecule has 0 spiro atoms. The van der Waals surface area contributed by atoms with E-state index >= 15 is 0 Å². The molecule has 1 unspecified atom stereocenters. The molecule has 0 saturated carbocycles. The lowest BCUT2D eigenvalue weighted by molar-refractivity contribution is 0.126. The molecule has 1 heterocycles. The molecule has 0 radical (unpaired) electrons. The third-order valence-electron chi connectivity index (χ3n) is 5.86. The summed E-state index contributed by atoms with van der Waals surface area (Å²) in [6.45, 7) is 22.1. The molecule has 2 rings (SSSR count). The van der Waals surface area contributed by atoms with Gasteiger partial charge >= 0.3 is 0 Å². The van der Waals surface area contributed by atoms with Gasteiger partial charge in [0.1, 0.15) is 5.75 Å². The Morgan fingerprint density at radius 1 is 1.04 bits per heavy atom. The standard InChI is InChI=1S/C23H40N2O/c1-9-16(2)20(25-12-10-24-11-13-25)18-14-17(22(3,4)5)15-19(21(18)26)23(6,7)8/h14-16,20,24,26H,9-13H2,1-8H3/t16?,20-/m1/s1. The van der Waals surface area contributed by atoms with Crippen LogP contribution in [0.5, 0.6) is 5.75 Å². The average molecular weight is 361 g/mol. The van der Waals surface area contributed by atoms with E-state index in [1.165, 1.54) is 5.56 Å². The first-order valence-corrected chi connectivity index (χ1v) is 10.3. The third-order valence-corrected chi connectivity index (χ3v) is 5.86. The molecule has 148 valence electrons. The van der Waals surface area contributed by atoms with Crippen molar-refractivity contribution >= 4 is 0 Å². The van der Waals surface area contributed by atoms with Crippen LogP contribution in [0.2, 0.25) is 0 Å². The molecule has 1 fully saturated rings. The van der Waals surface area contributed by atoms with Crippen LogP contribution in [0.3, 0.4) is 0 Å². The van der Waals surface area contributed by atoms with Crippen LogP contribution in [0, 0.1) is 5.92 Å². The van der Waals surface area contributed by atoms with Crippen LogP contribution in [-0.4, -0.2) is 36.2 Å². The van der Waals surface area contributed by atoms with Crippen molar-refractivity contribution in [1.29, 1.82) is 0 Å². The number of rotatable bonds is 4. The lowest BCUT2D eigenvalue weighted by Gasteiger charge is -2.40. The topological polar surface area (TPSA) is 35.5 Å². The highest BCUT2D eigenvalue weighted by atomic mass is 16.3. The number of phenolic OH excluding ortho intramolecular Hbond substituents is 1. The molecule has 0 bridgehead atoms. The van der Waals surface area contributed by atoms with Crippen LogP contribution in [0.15, 0.2) is 12.1 Å². The number of benzene rings is 1. The molecule has 0 aliphatic carbocycles. The summed E-state index contributed by atoms with van der Waals surface area (Å²) in [6.07, 6.45) is 1.11. The van der Waals surface area contributed by atoms with E-state index in [1.54, 1.807) is 0 Å². The lowest BCUT2D eigenvalue weighted by Crippen LogP contribution is -2.46. The first kappa shape index (κ1) is 21.2. The Bertz CT molecular complexity index is 604. The molecule has 2 atom stereocenters. The SMILES string of the molecule is CCC(C)[C@H](c1cc(C(C)(C)C)cc(C(C)(C)C)c1O)N1CCNCC1. The zero-order chi connectivity index (χ0) is 19.7. The van der Waals surface area contributed by atoms with Crippen LogP contribution in [0.1, 0.15) is 84.5 Å². The van der Waals surface area contributed by atoms with Crippen LogP contribution < -0.4 is 5.32 Å². The summed E-state index contributed by atoms with van der Waals surface area (Å²) < 4.78 is 0. The Hall–Kier alpha value is -1.06. The monoisotopic (exact) mass is 360 g/mol. The molecule has 1 saturated heterocycles. The molecular formula is C23H40N2O. The minimum atomic E-state index is -0.0798. The van der Waals surface area contributed by atoms with E-state index in [1.807, 2.05) is 0 Å². The smallest absolute Gasteiger partial charge is 0.124 e. The summed E-state index contributed by atoms with van der Waals surface area (Å²) in [5.74, 6) is 1.01. The Morgan fingerprint density at radius 3 is 2.08 bits per heavy atom. The fourth-order valence-corrected chi connectivity index (χ4v) is 3.93. The van der Waals surface area contributed by atoms with E-state index in [-0.39, 0.29) is 16.9 Å². The number of hydrogen-bond acceptors (Lipinski definition) is 3. The summed E-state index contributed by atoms with van der Waals surface area (Å²) in [6, 6.07) is 4.78. The van der Waals surface area contributed by atoms with Crippen molar-refractivity contribution in [3.05, 3.63) is 28.8 Å². The van der Waals surface area contributed by atoms with Gasteiger partial charge in [0.2, 0.25) is 0 Å². The highest BCUT2D eigenvalue weighted by molar-refractivity contribution is 5.50. The van der Waals surface area contributed by atoms with E-state index < -0.39 is 0 Å². The highest BCUT2D eigenvalue weighted by Crippen LogP contribution is 2.43. The maximum Gasteiger partial charge on any atom is 0.124 e. The molecule has 1 aromatic carbocycles. The molecule has 26 heavy (non-hydrogen) atoms. The first-order valence-electron chi connectivity index (χ1n) is 10.3. The molecule has 1 aliphatic heterocycles. The van der Waals surface area contributed by atoms with Crippen molar-refractivity contribution in [2.45, 2.75) is 78.7 Å². The van der Waals surface area contributed by atoms with Crippen molar-refractivity contribution in [2.75, 3.05) is 26.2 Å². The number of piperazine rings is 1. The van der Waals surface area contributed by atoms with E-state index in [2.05, 4.69) is 77.7 Å². The largest absolute Gasteiger partial charge is 0.507 e. The van der Waals surface area contributed by atoms with Gasteiger partial charge in [-0.15, -0.1) is 0 Å². The predicted molar refractivity (Wildman–Crippen MR) is 112 cm³/mol. The second kappa shape index (κ2) is 7.90. The molecular weight excluding hydrogens is 320 g/mol. The van der Waals surface area contributed by atoms with Gasteiger partial charge < -0.3 is 10.4 Å². The third kappa shape index (κ3) is 4.61. The Labute approximate surface area is 161 Å². The van der Waals surface area contributed by atoms with Gasteiger partial charge in [0.15, 0.2) is 0 Å². The van der Waals surface area contributed by atoms with Crippen LogP contribution >= 0.6 is 0 Å². The normalized spacial score (nSPS) is 19.4. The molecule has 1 aliphatic rings. The van der Waals surface area contributed by atoms with Crippen LogP contribution in [0.4, 0.5) is 0 Å².